The second-order valence-corrected chi connectivity index (χ2v) is 4.02. The number of carboxylic acid groups (broad SMARTS) is 1. The molecule has 2 rings (SSSR count). The first-order valence-corrected chi connectivity index (χ1v) is 5.54. The van der Waals surface area contributed by atoms with Crippen molar-refractivity contribution in [1.82, 2.24) is 9.97 Å². The zero-order chi connectivity index (χ0) is 12.3. The third-order valence-electron chi connectivity index (χ3n) is 2.94. The van der Waals surface area contributed by atoms with Crippen LogP contribution in [0.25, 0.3) is 0 Å². The van der Waals surface area contributed by atoms with Gasteiger partial charge in [-0.25, -0.2) is 9.78 Å². The van der Waals surface area contributed by atoms with Crippen molar-refractivity contribution in [2.75, 3.05) is 25.2 Å². The lowest BCUT2D eigenvalue weighted by Crippen LogP contribution is -2.37. The summed E-state index contributed by atoms with van der Waals surface area (Å²) in [5, 5.41) is 8.86. The Balaban J connectivity index is 2.14. The zero-order valence-electron chi connectivity index (χ0n) is 9.67. The number of nitrogens with zero attached hydrogens (tertiary/aromatic N) is 3. The molecule has 1 saturated heterocycles. The van der Waals surface area contributed by atoms with Gasteiger partial charge in [-0.05, 0) is 12.8 Å². The van der Waals surface area contributed by atoms with Crippen LogP contribution < -0.4 is 4.90 Å². The minimum absolute atomic E-state index is 0.0265. The monoisotopic (exact) mass is 237 g/mol. The van der Waals surface area contributed by atoms with Crippen LogP contribution in [0.3, 0.4) is 0 Å². The minimum atomic E-state index is -1.06. The van der Waals surface area contributed by atoms with Gasteiger partial charge in [0.05, 0.1) is 12.4 Å². The van der Waals surface area contributed by atoms with Crippen molar-refractivity contribution in [1.29, 1.82) is 0 Å². The van der Waals surface area contributed by atoms with Crippen LogP contribution >= 0.6 is 0 Å². The van der Waals surface area contributed by atoms with Gasteiger partial charge in [-0.1, -0.05) is 0 Å². The van der Waals surface area contributed by atoms with Crippen LogP contribution in [-0.2, 0) is 4.74 Å². The van der Waals surface area contributed by atoms with E-state index in [0.717, 1.165) is 26.1 Å². The number of anilines is 1. The highest BCUT2D eigenvalue weighted by atomic mass is 16.5. The minimum Gasteiger partial charge on any atom is -0.476 e. The van der Waals surface area contributed by atoms with Crippen LogP contribution in [0.15, 0.2) is 12.4 Å². The molecule has 1 aliphatic heterocycles. The maximum absolute atomic E-state index is 10.8. The molecule has 6 heteroatoms. The summed E-state index contributed by atoms with van der Waals surface area (Å²) in [4.78, 5) is 20.8. The molecule has 17 heavy (non-hydrogen) atoms. The van der Waals surface area contributed by atoms with Gasteiger partial charge in [-0.15, -0.1) is 0 Å². The molecule has 92 valence electrons. The summed E-state index contributed by atoms with van der Waals surface area (Å²) in [7, 11) is 1.91. The molecule has 0 aliphatic carbocycles. The van der Waals surface area contributed by atoms with E-state index in [0.29, 0.717) is 11.9 Å². The number of aromatic nitrogens is 2. The van der Waals surface area contributed by atoms with Crippen molar-refractivity contribution in [3.63, 3.8) is 0 Å². The van der Waals surface area contributed by atoms with Crippen molar-refractivity contribution in [2.24, 2.45) is 0 Å². The quantitative estimate of drug-likeness (QED) is 0.837. The van der Waals surface area contributed by atoms with Crippen LogP contribution in [0.2, 0.25) is 0 Å². The van der Waals surface area contributed by atoms with E-state index in [4.69, 9.17) is 9.84 Å². The first-order chi connectivity index (χ1) is 8.18. The molecule has 0 bridgehead atoms. The topological polar surface area (TPSA) is 75.6 Å². The van der Waals surface area contributed by atoms with Crippen LogP contribution in [0.5, 0.6) is 0 Å². The van der Waals surface area contributed by atoms with E-state index >= 15 is 0 Å². The van der Waals surface area contributed by atoms with Crippen LogP contribution in [-0.4, -0.2) is 47.3 Å². The zero-order valence-corrected chi connectivity index (χ0v) is 9.67. The Labute approximate surface area is 99.2 Å². The highest BCUT2D eigenvalue weighted by Gasteiger charge is 2.20. The van der Waals surface area contributed by atoms with Crippen molar-refractivity contribution in [3.05, 3.63) is 18.1 Å². The second kappa shape index (κ2) is 5.09. The van der Waals surface area contributed by atoms with Crippen molar-refractivity contribution in [3.8, 4) is 0 Å². The number of hydrogen-bond donors (Lipinski definition) is 1. The Kier molecular flexibility index (Phi) is 3.53. The molecule has 0 atom stereocenters. The van der Waals surface area contributed by atoms with Crippen molar-refractivity contribution < 1.29 is 14.6 Å². The Morgan fingerprint density at radius 1 is 1.47 bits per heavy atom. The highest BCUT2D eigenvalue weighted by Crippen LogP contribution is 2.18. The smallest absolute Gasteiger partial charge is 0.356 e. The van der Waals surface area contributed by atoms with Crippen LogP contribution in [0, 0.1) is 0 Å². The largest absolute Gasteiger partial charge is 0.476 e. The molecule has 6 nitrogen and oxygen atoms in total. The van der Waals surface area contributed by atoms with Gasteiger partial charge in [0.2, 0.25) is 0 Å². The Hall–Kier alpha value is -1.69. The Morgan fingerprint density at radius 3 is 2.82 bits per heavy atom. The van der Waals surface area contributed by atoms with E-state index in [2.05, 4.69) is 9.97 Å². The average Bonchev–Trinajstić information content (AvgIpc) is 2.39. The third kappa shape index (κ3) is 2.71. The maximum atomic E-state index is 10.8. The SMILES string of the molecule is CN(c1cncc(C(=O)O)n1)C1CCOCC1. The van der Waals surface area contributed by atoms with Gasteiger partial charge in [0.15, 0.2) is 5.69 Å². The number of rotatable bonds is 3. The second-order valence-electron chi connectivity index (χ2n) is 4.02. The number of hydrogen-bond acceptors (Lipinski definition) is 5. The normalized spacial score (nSPS) is 16.8. The molecular formula is C11H15N3O3. The van der Waals surface area contributed by atoms with Gasteiger partial charge in [-0.3, -0.25) is 4.98 Å². The highest BCUT2D eigenvalue weighted by molar-refractivity contribution is 5.85. The molecule has 0 radical (unpaired) electrons. The Bertz CT molecular complexity index is 405. The van der Waals surface area contributed by atoms with Crippen molar-refractivity contribution in [2.45, 2.75) is 18.9 Å². The molecule has 0 unspecified atom stereocenters. The molecule has 1 N–H and O–H groups in total. The fraction of sp³-hybridized carbons (Fsp3) is 0.545. The molecule has 1 aliphatic rings. The van der Waals surface area contributed by atoms with E-state index in [-0.39, 0.29) is 5.69 Å². The molecule has 0 aromatic carbocycles. The molecule has 1 aromatic heterocycles. The molecular weight excluding hydrogens is 222 g/mol. The number of aromatic carboxylic acids is 1. The lowest BCUT2D eigenvalue weighted by Gasteiger charge is -2.31. The molecule has 0 amide bonds. The average molecular weight is 237 g/mol. The number of carbonyl (C=O) groups is 1. The molecule has 0 spiro atoms. The molecule has 2 heterocycles. The molecule has 0 saturated carbocycles. The van der Waals surface area contributed by atoms with E-state index in [1.807, 2.05) is 11.9 Å². The first-order valence-electron chi connectivity index (χ1n) is 5.54. The number of ether oxygens (including phenoxy) is 1. The molecule has 1 fully saturated rings. The maximum Gasteiger partial charge on any atom is 0.356 e. The third-order valence-corrected chi connectivity index (χ3v) is 2.94. The molecule has 1 aromatic rings. The predicted octanol–water partition coefficient (Wildman–Crippen LogP) is 0.790. The van der Waals surface area contributed by atoms with E-state index in [1.165, 1.54) is 6.20 Å². The lowest BCUT2D eigenvalue weighted by molar-refractivity contribution is 0.0689. The van der Waals surface area contributed by atoms with Gasteiger partial charge in [0, 0.05) is 26.3 Å². The number of carboxylic acids is 1. The van der Waals surface area contributed by atoms with E-state index in [1.54, 1.807) is 6.20 Å². The standard InChI is InChI=1S/C11H15N3O3/c1-14(8-2-4-17-5-3-8)10-7-12-6-9(13-10)11(15)16/h6-8H,2-5H2,1H3,(H,15,16). The van der Waals surface area contributed by atoms with Crippen LogP contribution in [0.4, 0.5) is 5.82 Å². The predicted molar refractivity (Wildman–Crippen MR) is 61.2 cm³/mol. The fourth-order valence-electron chi connectivity index (χ4n) is 1.89. The summed E-state index contributed by atoms with van der Waals surface area (Å²) in [5.41, 5.74) is -0.0265. The van der Waals surface area contributed by atoms with Gasteiger partial charge in [-0.2, -0.15) is 0 Å². The van der Waals surface area contributed by atoms with Crippen LogP contribution in [0.1, 0.15) is 23.3 Å². The van der Waals surface area contributed by atoms with Gasteiger partial charge in [0.1, 0.15) is 5.82 Å². The summed E-state index contributed by atoms with van der Waals surface area (Å²) >= 11 is 0. The fourth-order valence-corrected chi connectivity index (χ4v) is 1.89. The summed E-state index contributed by atoms with van der Waals surface area (Å²) in [6, 6.07) is 0.335. The van der Waals surface area contributed by atoms with E-state index < -0.39 is 5.97 Å². The van der Waals surface area contributed by atoms with E-state index in [9.17, 15) is 4.79 Å². The van der Waals surface area contributed by atoms with Gasteiger partial charge < -0.3 is 14.7 Å². The summed E-state index contributed by atoms with van der Waals surface area (Å²) in [6.45, 7) is 1.47. The van der Waals surface area contributed by atoms with Gasteiger partial charge in [0.25, 0.3) is 0 Å². The van der Waals surface area contributed by atoms with Gasteiger partial charge >= 0.3 is 5.97 Å². The summed E-state index contributed by atoms with van der Waals surface area (Å²) in [6.07, 6.45) is 4.69. The van der Waals surface area contributed by atoms with Crippen molar-refractivity contribution >= 4 is 11.8 Å². The summed E-state index contributed by atoms with van der Waals surface area (Å²) < 4.78 is 5.29. The lowest BCUT2D eigenvalue weighted by atomic mass is 10.1. The Morgan fingerprint density at radius 2 is 2.18 bits per heavy atom. The summed E-state index contributed by atoms with van der Waals surface area (Å²) in [5.74, 6) is -0.462. The first kappa shape index (κ1) is 11.8.